The van der Waals surface area contributed by atoms with E-state index in [2.05, 4.69) is 17.2 Å². The number of nitrogens with zero attached hydrogens (tertiary/aromatic N) is 1. The van der Waals surface area contributed by atoms with Gasteiger partial charge in [-0.3, -0.25) is 4.79 Å². The van der Waals surface area contributed by atoms with Gasteiger partial charge in [0.1, 0.15) is 6.29 Å². The number of nitrogens with one attached hydrogen (secondary N) is 2. The van der Waals surface area contributed by atoms with E-state index in [1.54, 1.807) is 0 Å². The second-order valence-corrected chi connectivity index (χ2v) is 6.97. The number of carbonyl (C=O) groups is 2. The van der Waals surface area contributed by atoms with Crippen molar-refractivity contribution in [3.05, 3.63) is 77.0 Å². The molecule has 2 N–H and O–H groups in total. The largest absolute Gasteiger partial charge is 0.383 e. The van der Waals surface area contributed by atoms with Crippen molar-refractivity contribution in [1.82, 2.24) is 10.6 Å². The monoisotopic (exact) mass is 399 g/mol. The van der Waals surface area contributed by atoms with Crippen LogP contribution in [-0.4, -0.2) is 31.8 Å². The summed E-state index contributed by atoms with van der Waals surface area (Å²) in [5.41, 5.74) is 3.90. The fraction of sp³-hybridized carbons (Fsp3) is 0.273. The molecule has 2 rings (SSSR count). The van der Waals surface area contributed by atoms with Crippen LogP contribution in [0.25, 0.3) is 0 Å². The third-order valence-corrected chi connectivity index (χ3v) is 4.42. The Hall–Kier alpha value is -2.79. The highest BCUT2D eigenvalue weighted by Gasteiger charge is 2.14. The van der Waals surface area contributed by atoms with Gasteiger partial charge >= 0.3 is 0 Å². The Morgan fingerprint density at radius 1 is 1.14 bits per heavy atom. The second-order valence-electron chi connectivity index (χ2n) is 6.53. The second kappa shape index (κ2) is 11.1. The van der Waals surface area contributed by atoms with Crippen LogP contribution in [0.2, 0.25) is 5.02 Å². The number of halogens is 1. The van der Waals surface area contributed by atoms with Gasteiger partial charge in [0.25, 0.3) is 0 Å². The quantitative estimate of drug-likeness (QED) is 0.448. The maximum Gasteiger partial charge on any atom is 0.239 e. The summed E-state index contributed by atoms with van der Waals surface area (Å²) in [5, 5.41) is 6.76. The molecule has 2 aromatic carbocycles. The molecule has 0 saturated carbocycles. The maximum absolute atomic E-state index is 12.3. The Morgan fingerprint density at radius 3 is 2.64 bits per heavy atom. The summed E-state index contributed by atoms with van der Waals surface area (Å²) in [5.74, 6) is -0.132. The zero-order chi connectivity index (χ0) is 20.4. The minimum absolute atomic E-state index is 0.132. The van der Waals surface area contributed by atoms with Crippen molar-refractivity contribution >= 4 is 29.5 Å². The zero-order valence-electron chi connectivity index (χ0n) is 16.1. The number of amides is 1. The van der Waals surface area contributed by atoms with E-state index in [4.69, 9.17) is 11.6 Å². The van der Waals surface area contributed by atoms with Crippen LogP contribution in [0, 0.1) is 6.92 Å². The van der Waals surface area contributed by atoms with E-state index in [-0.39, 0.29) is 12.5 Å². The molecule has 0 aromatic heterocycles. The first kappa shape index (κ1) is 21.5. The van der Waals surface area contributed by atoms with E-state index in [0.29, 0.717) is 31.1 Å². The Balaban J connectivity index is 2.01. The number of aryl methyl sites for hydroxylation is 1. The van der Waals surface area contributed by atoms with Gasteiger partial charge in [-0.1, -0.05) is 48.5 Å². The molecule has 0 atom stereocenters. The molecule has 0 fully saturated rings. The van der Waals surface area contributed by atoms with Crippen molar-refractivity contribution < 1.29 is 9.59 Å². The fourth-order valence-corrected chi connectivity index (χ4v) is 3.02. The van der Waals surface area contributed by atoms with Gasteiger partial charge in [0, 0.05) is 35.9 Å². The molecular formula is C22H26ClN3O2. The molecule has 0 heterocycles. The van der Waals surface area contributed by atoms with Crippen LogP contribution in [0.15, 0.2) is 60.8 Å². The normalized spacial score (nSPS) is 10.2. The van der Waals surface area contributed by atoms with Crippen LogP contribution in [0.5, 0.6) is 0 Å². The van der Waals surface area contributed by atoms with Crippen molar-refractivity contribution in [2.75, 3.05) is 24.5 Å². The van der Waals surface area contributed by atoms with Crippen molar-refractivity contribution in [3.63, 3.8) is 0 Å². The van der Waals surface area contributed by atoms with Crippen molar-refractivity contribution in [3.8, 4) is 0 Å². The minimum atomic E-state index is -0.132. The van der Waals surface area contributed by atoms with Gasteiger partial charge < -0.3 is 20.3 Å². The fourth-order valence-electron chi connectivity index (χ4n) is 2.80. The average Bonchev–Trinajstić information content (AvgIpc) is 2.66. The van der Waals surface area contributed by atoms with E-state index in [1.807, 2.05) is 60.4 Å². The van der Waals surface area contributed by atoms with Crippen LogP contribution in [-0.2, 0) is 16.1 Å². The van der Waals surface area contributed by atoms with E-state index in [0.717, 1.165) is 28.8 Å². The lowest BCUT2D eigenvalue weighted by molar-refractivity contribution is -0.119. The first-order chi connectivity index (χ1) is 13.5. The van der Waals surface area contributed by atoms with Gasteiger partial charge in [0.05, 0.1) is 13.1 Å². The van der Waals surface area contributed by atoms with Gasteiger partial charge in [0.15, 0.2) is 0 Å². The third kappa shape index (κ3) is 7.08. The Kier molecular flexibility index (Phi) is 8.56. The van der Waals surface area contributed by atoms with Gasteiger partial charge in [-0.25, -0.2) is 0 Å². The van der Waals surface area contributed by atoms with Crippen LogP contribution in [0.1, 0.15) is 17.5 Å². The maximum atomic E-state index is 12.3. The van der Waals surface area contributed by atoms with Crippen LogP contribution >= 0.6 is 11.6 Å². The van der Waals surface area contributed by atoms with E-state index in [1.165, 1.54) is 0 Å². The Morgan fingerprint density at radius 2 is 1.93 bits per heavy atom. The number of aldehydes is 1. The molecule has 0 aliphatic carbocycles. The number of para-hydroxylation sites is 1. The first-order valence-electron chi connectivity index (χ1n) is 9.16. The first-order valence-corrected chi connectivity index (χ1v) is 9.54. The molecule has 148 valence electrons. The minimum Gasteiger partial charge on any atom is -0.383 e. The molecule has 0 unspecified atom stereocenters. The smallest absolute Gasteiger partial charge is 0.239 e. The average molecular weight is 400 g/mol. The lowest BCUT2D eigenvalue weighted by Gasteiger charge is -2.27. The zero-order valence-corrected chi connectivity index (χ0v) is 16.8. The van der Waals surface area contributed by atoms with Gasteiger partial charge in [-0.2, -0.15) is 0 Å². The molecular weight excluding hydrogens is 374 g/mol. The standard InChI is InChI=1S/C22H26ClN3O2/c1-17-7-3-4-10-21(17)26(16-22(28)24-11-6-12-27)15-18(2)25-14-19-8-5-9-20(23)13-19/h3-5,7-10,12-13,25H,2,6,11,14-16H2,1H3,(H,24,28). The number of carbonyl (C=O) groups excluding carboxylic acids is 2. The summed E-state index contributed by atoms with van der Waals surface area (Å²) in [6.07, 6.45) is 1.10. The lowest BCUT2D eigenvalue weighted by Crippen LogP contribution is -2.40. The van der Waals surface area contributed by atoms with Gasteiger partial charge in [-0.15, -0.1) is 0 Å². The number of hydrogen-bond donors (Lipinski definition) is 2. The highest BCUT2D eigenvalue weighted by molar-refractivity contribution is 6.30. The summed E-state index contributed by atoms with van der Waals surface area (Å²) in [6, 6.07) is 15.5. The van der Waals surface area contributed by atoms with Gasteiger partial charge in [-0.05, 0) is 36.2 Å². The highest BCUT2D eigenvalue weighted by atomic mass is 35.5. The van der Waals surface area contributed by atoms with E-state index < -0.39 is 0 Å². The predicted octanol–water partition coefficient (Wildman–Crippen LogP) is 3.46. The van der Waals surface area contributed by atoms with Gasteiger partial charge in [0.2, 0.25) is 5.91 Å². The molecule has 0 aliphatic rings. The molecule has 2 aromatic rings. The summed E-state index contributed by atoms with van der Waals surface area (Å²) in [4.78, 5) is 24.7. The molecule has 0 saturated heterocycles. The molecule has 1 amide bonds. The number of anilines is 1. The Bertz CT molecular complexity index is 823. The van der Waals surface area contributed by atoms with Crippen molar-refractivity contribution in [2.45, 2.75) is 19.9 Å². The molecule has 5 nitrogen and oxygen atoms in total. The molecule has 6 heteroatoms. The van der Waals surface area contributed by atoms with Crippen molar-refractivity contribution in [1.29, 1.82) is 0 Å². The molecule has 0 aliphatic heterocycles. The summed E-state index contributed by atoms with van der Waals surface area (Å²) < 4.78 is 0. The molecule has 28 heavy (non-hydrogen) atoms. The molecule has 0 radical (unpaired) electrons. The van der Waals surface area contributed by atoms with Crippen molar-refractivity contribution in [2.24, 2.45) is 0 Å². The SMILES string of the molecule is C=C(CN(CC(=O)NCCC=O)c1ccccc1C)NCc1cccc(Cl)c1. The molecule has 0 spiro atoms. The van der Waals surface area contributed by atoms with Crippen LogP contribution in [0.3, 0.4) is 0 Å². The Labute approximate surface area is 171 Å². The van der Waals surface area contributed by atoms with Crippen LogP contribution < -0.4 is 15.5 Å². The number of hydrogen-bond acceptors (Lipinski definition) is 4. The van der Waals surface area contributed by atoms with E-state index in [9.17, 15) is 9.59 Å². The summed E-state index contributed by atoms with van der Waals surface area (Å²) >= 11 is 6.03. The summed E-state index contributed by atoms with van der Waals surface area (Å²) in [7, 11) is 0. The number of rotatable bonds is 11. The predicted molar refractivity (Wildman–Crippen MR) is 115 cm³/mol. The third-order valence-electron chi connectivity index (χ3n) is 4.19. The van der Waals surface area contributed by atoms with E-state index >= 15 is 0 Å². The van der Waals surface area contributed by atoms with Crippen LogP contribution in [0.4, 0.5) is 5.69 Å². The molecule has 0 bridgehead atoms. The summed E-state index contributed by atoms with van der Waals surface area (Å²) in [6.45, 7) is 7.72. The lowest BCUT2D eigenvalue weighted by atomic mass is 10.1. The highest BCUT2D eigenvalue weighted by Crippen LogP contribution is 2.20. The number of benzene rings is 2. The topological polar surface area (TPSA) is 61.4 Å².